The van der Waals surface area contributed by atoms with Crippen molar-refractivity contribution in [2.24, 2.45) is 0 Å². The molecule has 1 aromatic heterocycles. The van der Waals surface area contributed by atoms with E-state index >= 15 is 0 Å². The third kappa shape index (κ3) is 3.61. The SMILES string of the molecule is COc1ccc(/C=C\c2coc([Si](C)(C)C)c2)cc1. The first-order valence-electron chi connectivity index (χ1n) is 6.40. The number of hydrogen-bond donors (Lipinski definition) is 0. The van der Waals surface area contributed by atoms with Crippen molar-refractivity contribution in [1.29, 1.82) is 0 Å². The van der Waals surface area contributed by atoms with E-state index in [1.807, 2.05) is 30.5 Å². The van der Waals surface area contributed by atoms with Crippen molar-refractivity contribution in [3.8, 4) is 5.75 Å². The summed E-state index contributed by atoms with van der Waals surface area (Å²) in [7, 11) is 0.325. The fourth-order valence-corrected chi connectivity index (χ4v) is 2.75. The molecule has 0 saturated heterocycles. The van der Waals surface area contributed by atoms with E-state index in [0.29, 0.717) is 0 Å². The number of benzene rings is 1. The summed E-state index contributed by atoms with van der Waals surface area (Å²) in [6, 6.07) is 10.1. The Morgan fingerprint density at radius 2 is 1.63 bits per heavy atom. The van der Waals surface area contributed by atoms with Crippen LogP contribution in [-0.2, 0) is 0 Å². The molecule has 2 rings (SSSR count). The summed E-state index contributed by atoms with van der Waals surface area (Å²) in [6.45, 7) is 6.84. The molecule has 0 unspecified atom stereocenters. The second kappa shape index (κ2) is 5.49. The molecule has 100 valence electrons. The molecule has 1 aromatic carbocycles. The van der Waals surface area contributed by atoms with Gasteiger partial charge in [0.05, 0.1) is 18.8 Å². The van der Waals surface area contributed by atoms with Crippen LogP contribution in [0.1, 0.15) is 11.1 Å². The van der Waals surface area contributed by atoms with Crippen LogP contribution in [0.3, 0.4) is 0 Å². The molecular formula is C16H20O2Si. The average molecular weight is 272 g/mol. The van der Waals surface area contributed by atoms with Crippen LogP contribution in [0.2, 0.25) is 19.6 Å². The van der Waals surface area contributed by atoms with Crippen LogP contribution >= 0.6 is 0 Å². The summed E-state index contributed by atoms with van der Waals surface area (Å²) in [6.07, 6.45) is 5.99. The van der Waals surface area contributed by atoms with Crippen LogP contribution < -0.4 is 10.1 Å². The highest BCUT2D eigenvalue weighted by molar-refractivity contribution is 6.87. The van der Waals surface area contributed by atoms with Crippen LogP contribution in [0.5, 0.6) is 5.75 Å². The van der Waals surface area contributed by atoms with Gasteiger partial charge in [0, 0.05) is 5.56 Å². The van der Waals surface area contributed by atoms with Gasteiger partial charge in [-0.15, -0.1) is 0 Å². The van der Waals surface area contributed by atoms with E-state index in [2.05, 4.69) is 37.9 Å². The summed E-state index contributed by atoms with van der Waals surface area (Å²) in [4.78, 5) is 0. The third-order valence-electron chi connectivity index (χ3n) is 2.94. The molecule has 0 aliphatic carbocycles. The maximum absolute atomic E-state index is 5.64. The van der Waals surface area contributed by atoms with Gasteiger partial charge in [-0.2, -0.15) is 0 Å². The summed E-state index contributed by atoms with van der Waals surface area (Å²) < 4.78 is 10.8. The molecule has 0 aliphatic heterocycles. The lowest BCUT2D eigenvalue weighted by molar-refractivity contribution is 0.415. The molecule has 19 heavy (non-hydrogen) atoms. The minimum absolute atomic E-state index is 0.876. The Balaban J connectivity index is 2.11. The van der Waals surface area contributed by atoms with Gasteiger partial charge in [-0.25, -0.2) is 0 Å². The largest absolute Gasteiger partial charge is 0.497 e. The Morgan fingerprint density at radius 3 is 2.16 bits per heavy atom. The topological polar surface area (TPSA) is 22.4 Å². The van der Waals surface area contributed by atoms with E-state index in [1.54, 1.807) is 7.11 Å². The van der Waals surface area contributed by atoms with Gasteiger partial charge in [-0.05, 0) is 23.8 Å². The quantitative estimate of drug-likeness (QED) is 0.785. The molecule has 0 atom stereocenters. The zero-order valence-corrected chi connectivity index (χ0v) is 12.9. The Labute approximate surface area is 115 Å². The lowest BCUT2D eigenvalue weighted by Crippen LogP contribution is -2.36. The fraction of sp³-hybridized carbons (Fsp3) is 0.250. The molecule has 3 heteroatoms. The Bertz CT molecular complexity index is 559. The van der Waals surface area contributed by atoms with Crippen molar-refractivity contribution < 1.29 is 9.15 Å². The number of ether oxygens (including phenoxy) is 1. The summed E-state index contributed by atoms with van der Waals surface area (Å²) >= 11 is 0. The van der Waals surface area contributed by atoms with E-state index in [0.717, 1.165) is 22.3 Å². The predicted molar refractivity (Wildman–Crippen MR) is 83.6 cm³/mol. The van der Waals surface area contributed by atoms with E-state index in [1.165, 1.54) is 0 Å². The van der Waals surface area contributed by atoms with Crippen LogP contribution in [0.4, 0.5) is 0 Å². The van der Waals surface area contributed by atoms with Crippen LogP contribution in [0.15, 0.2) is 41.0 Å². The molecule has 0 aliphatic rings. The normalized spacial score (nSPS) is 12.0. The maximum atomic E-state index is 5.64. The number of furan rings is 1. The van der Waals surface area contributed by atoms with Gasteiger partial charge in [0.2, 0.25) is 0 Å². The van der Waals surface area contributed by atoms with Crippen LogP contribution in [0, 0.1) is 0 Å². The maximum Gasteiger partial charge on any atom is 0.123 e. The fourth-order valence-electron chi connectivity index (χ4n) is 1.74. The predicted octanol–water partition coefficient (Wildman–Crippen LogP) is 4.00. The van der Waals surface area contributed by atoms with Crippen molar-refractivity contribution in [3.05, 3.63) is 47.7 Å². The molecule has 0 N–H and O–H groups in total. The van der Waals surface area contributed by atoms with Crippen LogP contribution in [0.25, 0.3) is 12.2 Å². The van der Waals surface area contributed by atoms with E-state index in [9.17, 15) is 0 Å². The van der Waals surface area contributed by atoms with Crippen molar-refractivity contribution in [1.82, 2.24) is 0 Å². The highest BCUT2D eigenvalue weighted by Crippen LogP contribution is 2.14. The van der Waals surface area contributed by atoms with Gasteiger partial charge in [0.25, 0.3) is 0 Å². The third-order valence-corrected chi connectivity index (χ3v) is 4.68. The van der Waals surface area contributed by atoms with E-state index in [4.69, 9.17) is 9.15 Å². The van der Waals surface area contributed by atoms with E-state index < -0.39 is 8.07 Å². The lowest BCUT2D eigenvalue weighted by Gasteiger charge is -2.10. The average Bonchev–Trinajstić information content (AvgIpc) is 2.86. The molecular weight excluding hydrogens is 252 g/mol. The van der Waals surface area contributed by atoms with Gasteiger partial charge in [0.1, 0.15) is 13.8 Å². The second-order valence-corrected chi connectivity index (χ2v) is 10.6. The van der Waals surface area contributed by atoms with Crippen molar-refractivity contribution in [3.63, 3.8) is 0 Å². The number of methoxy groups -OCH3 is 1. The van der Waals surface area contributed by atoms with Gasteiger partial charge in [-0.1, -0.05) is 43.9 Å². The highest BCUT2D eigenvalue weighted by Gasteiger charge is 2.20. The highest BCUT2D eigenvalue weighted by atomic mass is 28.3. The minimum atomic E-state index is -1.35. The number of rotatable bonds is 4. The molecule has 0 saturated carbocycles. The summed E-state index contributed by atoms with van der Waals surface area (Å²) in [5.41, 5.74) is 2.27. The lowest BCUT2D eigenvalue weighted by atomic mass is 10.2. The van der Waals surface area contributed by atoms with Crippen molar-refractivity contribution in [2.45, 2.75) is 19.6 Å². The monoisotopic (exact) mass is 272 g/mol. The summed E-state index contributed by atoms with van der Waals surface area (Å²) in [5, 5.41) is 1.14. The molecule has 2 nitrogen and oxygen atoms in total. The molecule has 2 aromatic rings. The molecule has 1 heterocycles. The Morgan fingerprint density at radius 1 is 1.00 bits per heavy atom. The van der Waals surface area contributed by atoms with Gasteiger partial charge < -0.3 is 9.15 Å². The number of hydrogen-bond acceptors (Lipinski definition) is 2. The minimum Gasteiger partial charge on any atom is -0.497 e. The molecule has 0 bridgehead atoms. The first-order chi connectivity index (χ1) is 8.99. The second-order valence-electron chi connectivity index (χ2n) is 5.60. The first-order valence-corrected chi connectivity index (χ1v) is 9.90. The Kier molecular flexibility index (Phi) is 3.95. The Hall–Kier alpha value is -1.74. The van der Waals surface area contributed by atoms with Crippen LogP contribution in [-0.4, -0.2) is 15.2 Å². The van der Waals surface area contributed by atoms with Gasteiger partial charge in [-0.3, -0.25) is 0 Å². The van der Waals surface area contributed by atoms with Gasteiger partial charge >= 0.3 is 0 Å². The molecule has 0 amide bonds. The summed E-state index contributed by atoms with van der Waals surface area (Å²) in [5.74, 6) is 0.876. The molecule has 0 fully saturated rings. The first kappa shape index (κ1) is 13.7. The van der Waals surface area contributed by atoms with Gasteiger partial charge in [0.15, 0.2) is 0 Å². The zero-order valence-electron chi connectivity index (χ0n) is 11.9. The molecule has 0 radical (unpaired) electrons. The smallest absolute Gasteiger partial charge is 0.123 e. The van der Waals surface area contributed by atoms with Crippen molar-refractivity contribution >= 4 is 25.6 Å². The standard InChI is InChI=1S/C16H20O2Si/c1-17-15-9-7-13(8-10-15)5-6-14-11-16(18-12-14)19(2,3)4/h5-12H,1-4H3/b6-5-. The van der Waals surface area contributed by atoms with Crippen molar-refractivity contribution in [2.75, 3.05) is 7.11 Å². The van der Waals surface area contributed by atoms with E-state index in [-0.39, 0.29) is 0 Å². The zero-order chi connectivity index (χ0) is 13.9. The molecule has 0 spiro atoms.